The highest BCUT2D eigenvalue weighted by Crippen LogP contribution is 2.46. The Labute approximate surface area is 461 Å². The topological polar surface area (TPSA) is 57.4 Å². The van der Waals surface area contributed by atoms with E-state index in [0.717, 1.165) is 111 Å². The molecule has 4 nitrogen and oxygen atoms in total. The minimum Gasteiger partial charge on any atom is -0.309 e. The quantitative estimate of drug-likeness (QED) is 0.152. The summed E-state index contributed by atoms with van der Waals surface area (Å²) in [5.41, 5.74) is 19.0. The average Bonchev–Trinajstić information content (AvgIpc) is 4.07. The highest BCUT2D eigenvalue weighted by molar-refractivity contribution is 6.14. The largest absolute Gasteiger partial charge is 0.417 e. The molecule has 13 rings (SSSR count). The molecule has 7 heteroatoms. The lowest BCUT2D eigenvalue weighted by molar-refractivity contribution is -0.137. The van der Waals surface area contributed by atoms with Crippen LogP contribution in [0.3, 0.4) is 0 Å². The van der Waals surface area contributed by atoms with Gasteiger partial charge in [0.1, 0.15) is 0 Å². The van der Waals surface area contributed by atoms with Gasteiger partial charge in [-0.3, -0.25) is 0 Å². The molecule has 0 spiro atoms. The molecule has 0 unspecified atom stereocenters. The third-order valence-electron chi connectivity index (χ3n) is 15.7. The first-order valence-electron chi connectivity index (χ1n) is 26.6. The van der Waals surface area contributed by atoms with E-state index in [0.29, 0.717) is 27.9 Å². The Bertz CT molecular complexity index is 4510. The van der Waals surface area contributed by atoms with Gasteiger partial charge in [0, 0.05) is 32.7 Å². The number of benzene rings is 11. The van der Waals surface area contributed by atoms with Gasteiger partial charge in [0.2, 0.25) is 0 Å². The highest BCUT2D eigenvalue weighted by Gasteiger charge is 2.34. The number of hydrogen-bond acceptors (Lipinski definition) is 2. The number of fused-ring (bicyclic) bond motifs is 6. The van der Waals surface area contributed by atoms with E-state index in [4.69, 9.17) is 0 Å². The fourth-order valence-corrected chi connectivity index (χ4v) is 11.5. The van der Waals surface area contributed by atoms with Crippen molar-refractivity contribution in [3.05, 3.63) is 263 Å². The van der Waals surface area contributed by atoms with Gasteiger partial charge in [-0.1, -0.05) is 156 Å². The number of aryl methyl sites for hydroxylation is 4. The minimum atomic E-state index is -4.78. The molecule has 0 fully saturated rings. The Kier molecular flexibility index (Phi) is 11.9. The van der Waals surface area contributed by atoms with Crippen LogP contribution in [0.1, 0.15) is 38.9 Å². The molecule has 13 aromatic rings. The van der Waals surface area contributed by atoms with Gasteiger partial charge in [-0.25, -0.2) is 0 Å². The minimum absolute atomic E-state index is 0.0703. The molecule has 0 saturated carbocycles. The number of alkyl halides is 3. The zero-order valence-electron chi connectivity index (χ0n) is 44.3. The van der Waals surface area contributed by atoms with E-state index in [-0.39, 0.29) is 11.1 Å². The van der Waals surface area contributed by atoms with Crippen molar-refractivity contribution in [1.82, 2.24) is 9.13 Å². The summed E-state index contributed by atoms with van der Waals surface area (Å²) in [7, 11) is 0. The van der Waals surface area contributed by atoms with Crippen LogP contribution in [-0.4, -0.2) is 9.13 Å². The molecule has 2 aromatic heterocycles. The summed E-state index contributed by atoms with van der Waals surface area (Å²) in [6, 6.07) is 79.1. The lowest BCUT2D eigenvalue weighted by Gasteiger charge is -2.21. The summed E-state index contributed by atoms with van der Waals surface area (Å²) < 4.78 is 50.3. The van der Waals surface area contributed by atoms with Crippen molar-refractivity contribution in [2.75, 3.05) is 0 Å². The van der Waals surface area contributed by atoms with E-state index in [1.165, 1.54) is 23.3 Å². The van der Waals surface area contributed by atoms with Crippen molar-refractivity contribution in [3.8, 4) is 90.3 Å². The van der Waals surface area contributed by atoms with Crippen LogP contribution in [0, 0.1) is 50.4 Å². The van der Waals surface area contributed by atoms with Crippen molar-refractivity contribution in [2.45, 2.75) is 33.9 Å². The number of halogens is 3. The monoisotopic (exact) mass is 1040 g/mol. The second-order valence-corrected chi connectivity index (χ2v) is 21.0. The Balaban J connectivity index is 1.13. The second-order valence-electron chi connectivity index (χ2n) is 21.0. The Morgan fingerprint density at radius 1 is 0.300 bits per heavy atom. The van der Waals surface area contributed by atoms with E-state index in [1.807, 2.05) is 36.4 Å². The van der Waals surface area contributed by atoms with Gasteiger partial charge in [0.15, 0.2) is 0 Å². The maximum absolute atomic E-state index is 15.3. The molecule has 80 heavy (non-hydrogen) atoms. The van der Waals surface area contributed by atoms with Gasteiger partial charge in [-0.05, 0) is 174 Å². The zero-order chi connectivity index (χ0) is 55.0. The van der Waals surface area contributed by atoms with Gasteiger partial charge < -0.3 is 9.13 Å². The molecule has 2 heterocycles. The summed E-state index contributed by atoms with van der Waals surface area (Å²) in [6.07, 6.45) is -4.78. The maximum Gasteiger partial charge on any atom is 0.417 e. The average molecular weight is 1040 g/mol. The number of nitriles is 2. The molecule has 0 aliphatic carbocycles. The summed E-state index contributed by atoms with van der Waals surface area (Å²) in [5.74, 6) is 0. The number of nitrogens with zero attached hydrogens (tertiary/aromatic N) is 4. The van der Waals surface area contributed by atoms with Crippen LogP contribution in [0.2, 0.25) is 0 Å². The van der Waals surface area contributed by atoms with Crippen molar-refractivity contribution in [2.24, 2.45) is 0 Å². The fourth-order valence-electron chi connectivity index (χ4n) is 11.5. The van der Waals surface area contributed by atoms with Gasteiger partial charge >= 0.3 is 6.18 Å². The number of hydrogen-bond donors (Lipinski definition) is 0. The SMILES string of the molecule is Cc1ccc(-c2ccc3c(c2)c2cc(-c4ccc(C)cc4)ccc2n3-c2ccc(C#N)cc2-c2cc(-c3ccc(C#N)cc3C(F)(F)F)ccc2-n2c3ccc(-c4ccc(C)cc4)cc3c3cc(-c4ccc(C)cc4)ccc32)cc1. The normalized spacial score (nSPS) is 11.7. The molecule has 0 radical (unpaired) electrons. The van der Waals surface area contributed by atoms with Crippen LogP contribution < -0.4 is 0 Å². The number of aromatic nitrogens is 2. The van der Waals surface area contributed by atoms with Crippen molar-refractivity contribution in [3.63, 3.8) is 0 Å². The summed E-state index contributed by atoms with van der Waals surface area (Å²) in [6.45, 7) is 8.31. The van der Waals surface area contributed by atoms with E-state index < -0.39 is 11.7 Å². The van der Waals surface area contributed by atoms with Crippen LogP contribution in [0.4, 0.5) is 13.2 Å². The number of rotatable bonds is 8. The molecule has 0 atom stereocenters. The predicted octanol–water partition coefficient (Wildman–Crippen LogP) is 19.9. The van der Waals surface area contributed by atoms with E-state index in [2.05, 4.69) is 213 Å². The smallest absolute Gasteiger partial charge is 0.309 e. The third kappa shape index (κ3) is 8.67. The Morgan fingerprint density at radius 3 is 0.950 bits per heavy atom. The molecule has 11 aromatic carbocycles. The van der Waals surface area contributed by atoms with E-state index in [1.54, 1.807) is 6.07 Å². The molecular weight excluding hydrogens is 990 g/mol. The summed E-state index contributed by atoms with van der Waals surface area (Å²) in [5, 5.41) is 24.6. The van der Waals surface area contributed by atoms with E-state index in [9.17, 15) is 10.5 Å². The first-order valence-corrected chi connectivity index (χ1v) is 26.6. The summed E-state index contributed by atoms with van der Waals surface area (Å²) >= 11 is 0. The maximum atomic E-state index is 15.3. The van der Waals surface area contributed by atoms with Gasteiger partial charge in [-0.2, -0.15) is 23.7 Å². The van der Waals surface area contributed by atoms with Crippen LogP contribution >= 0.6 is 0 Å². The molecule has 0 bridgehead atoms. The highest BCUT2D eigenvalue weighted by atomic mass is 19.4. The van der Waals surface area contributed by atoms with Gasteiger partial charge in [0.25, 0.3) is 0 Å². The summed E-state index contributed by atoms with van der Waals surface area (Å²) in [4.78, 5) is 0. The Morgan fingerprint density at radius 2 is 0.600 bits per heavy atom. The van der Waals surface area contributed by atoms with Crippen LogP contribution in [0.25, 0.3) is 122 Å². The zero-order valence-corrected chi connectivity index (χ0v) is 44.3. The van der Waals surface area contributed by atoms with Crippen LogP contribution in [0.15, 0.2) is 224 Å². The van der Waals surface area contributed by atoms with Crippen molar-refractivity contribution >= 4 is 43.6 Å². The van der Waals surface area contributed by atoms with Gasteiger partial charge in [-0.15, -0.1) is 0 Å². The lowest BCUT2D eigenvalue weighted by Crippen LogP contribution is -2.08. The molecular formula is C73H49F3N4. The van der Waals surface area contributed by atoms with Crippen molar-refractivity contribution < 1.29 is 13.2 Å². The van der Waals surface area contributed by atoms with Crippen LogP contribution in [-0.2, 0) is 6.18 Å². The molecule has 382 valence electrons. The van der Waals surface area contributed by atoms with Crippen LogP contribution in [0.5, 0.6) is 0 Å². The predicted molar refractivity (Wildman–Crippen MR) is 321 cm³/mol. The molecule has 0 saturated heterocycles. The van der Waals surface area contributed by atoms with Gasteiger partial charge in [0.05, 0.1) is 62.3 Å². The molecule has 0 N–H and O–H groups in total. The second kappa shape index (κ2) is 19.4. The third-order valence-corrected chi connectivity index (χ3v) is 15.7. The lowest BCUT2D eigenvalue weighted by atomic mass is 9.92. The Hall–Kier alpha value is -10.2. The fraction of sp³-hybridized carbons (Fsp3) is 0.0685. The first-order chi connectivity index (χ1) is 38.8. The van der Waals surface area contributed by atoms with Crippen molar-refractivity contribution in [1.29, 1.82) is 10.5 Å². The molecule has 0 aliphatic heterocycles. The molecule has 0 amide bonds. The molecule has 0 aliphatic rings. The van der Waals surface area contributed by atoms with E-state index >= 15 is 13.2 Å². The first kappa shape index (κ1) is 49.4. The standard InChI is InChI=1S/C73H49F3N4/c1-44-5-15-50(16-6-44)54-23-30-68-61(37-54)62-38-55(51-17-7-45(2)8-18-51)24-31-69(62)79(68)67-29-14-48(42-77)35-60(67)65-41-58(59-28-13-49(43-78)36-66(59)73(74,75)76)27-34-72(65)80-70-32-25-56(52-19-9-46(3)10-20-52)39-63(70)64-40-57(26-33-71(64)80)53-21-11-47(4)12-22-53/h5-41H,1-4H3.